The molecule has 1 fully saturated rings. The molecule has 6 nitrogen and oxygen atoms in total. The number of carbonyl (C=O) groups excluding carboxylic acids is 1. The highest BCUT2D eigenvalue weighted by Gasteiger charge is 2.24. The van der Waals surface area contributed by atoms with Crippen LogP contribution in [0.25, 0.3) is 10.2 Å². The highest BCUT2D eigenvalue weighted by Crippen LogP contribution is 2.31. The van der Waals surface area contributed by atoms with E-state index >= 15 is 0 Å². The number of nitriles is 1. The van der Waals surface area contributed by atoms with E-state index < -0.39 is 0 Å². The molecule has 0 bridgehead atoms. The molecule has 1 aromatic carbocycles. The average Bonchev–Trinajstić information content (AvgIpc) is 3.42. The molecule has 1 aliphatic rings. The van der Waals surface area contributed by atoms with E-state index in [0.29, 0.717) is 17.9 Å². The van der Waals surface area contributed by atoms with E-state index in [1.165, 1.54) is 11.8 Å². The van der Waals surface area contributed by atoms with Crippen molar-refractivity contribution in [3.05, 3.63) is 41.1 Å². The number of ether oxygens (including phenoxy) is 1. The lowest BCUT2D eigenvalue weighted by Gasteiger charge is -2.16. The molecule has 3 heterocycles. The van der Waals surface area contributed by atoms with Crippen LogP contribution in [0, 0.1) is 25.2 Å². The fourth-order valence-corrected chi connectivity index (χ4v) is 5.43. The lowest BCUT2D eigenvalue weighted by Crippen LogP contribution is -2.22. The summed E-state index contributed by atoms with van der Waals surface area (Å²) in [6.45, 7) is 5.33. The largest absolute Gasteiger partial charge is 0.376 e. The van der Waals surface area contributed by atoms with Crippen molar-refractivity contribution in [3.8, 4) is 6.07 Å². The number of para-hydroxylation sites is 1. The maximum atomic E-state index is 12.7. The normalized spacial score (nSPS) is 16.2. The molecule has 29 heavy (non-hydrogen) atoms. The molecule has 1 N–H and O–H groups in total. The predicted molar refractivity (Wildman–Crippen MR) is 117 cm³/mol. The zero-order valence-corrected chi connectivity index (χ0v) is 18.0. The molecule has 1 aliphatic heterocycles. The van der Waals surface area contributed by atoms with Gasteiger partial charge in [0.1, 0.15) is 11.9 Å². The molecule has 0 saturated carbocycles. The molecule has 3 aromatic rings. The van der Waals surface area contributed by atoms with Gasteiger partial charge >= 0.3 is 0 Å². The van der Waals surface area contributed by atoms with Gasteiger partial charge in [-0.05, 0) is 44.4 Å². The van der Waals surface area contributed by atoms with Crippen molar-refractivity contribution in [1.82, 2.24) is 9.55 Å². The number of nitrogens with zero attached hydrogens (tertiary/aromatic N) is 3. The van der Waals surface area contributed by atoms with E-state index in [2.05, 4.69) is 16.4 Å². The highest BCUT2D eigenvalue weighted by atomic mass is 32.2. The van der Waals surface area contributed by atoms with E-state index in [9.17, 15) is 10.1 Å². The van der Waals surface area contributed by atoms with Crippen LogP contribution in [-0.2, 0) is 16.1 Å². The molecule has 0 unspecified atom stereocenters. The van der Waals surface area contributed by atoms with E-state index in [4.69, 9.17) is 4.74 Å². The molecule has 0 aliphatic carbocycles. The highest BCUT2D eigenvalue weighted by molar-refractivity contribution is 8.01. The molecule has 1 amide bonds. The number of amides is 1. The van der Waals surface area contributed by atoms with Gasteiger partial charge in [-0.2, -0.15) is 5.26 Å². The van der Waals surface area contributed by atoms with Crippen molar-refractivity contribution in [3.63, 3.8) is 0 Å². The number of hydrogen-bond acceptors (Lipinski definition) is 6. The topological polar surface area (TPSA) is 79.9 Å². The number of thiazole rings is 1. The number of rotatable bonds is 6. The standard InChI is InChI=1S/C21H22N4O2S2/c1-13-14(2)25(11-15-6-5-9-27-15)20(16(13)10-22)24-19(26)12-28-21-23-17-7-3-4-8-18(17)29-21/h3-4,7-8,15H,5-6,9,11-12H2,1-2H3,(H,24,26)/t15-/m1/s1. The minimum absolute atomic E-state index is 0.125. The van der Waals surface area contributed by atoms with E-state index in [0.717, 1.165) is 45.3 Å². The third kappa shape index (κ3) is 4.17. The molecule has 8 heteroatoms. The summed E-state index contributed by atoms with van der Waals surface area (Å²) in [6, 6.07) is 10.2. The summed E-state index contributed by atoms with van der Waals surface area (Å²) < 4.78 is 9.75. The monoisotopic (exact) mass is 426 g/mol. The van der Waals surface area contributed by atoms with Crippen LogP contribution in [0.4, 0.5) is 5.82 Å². The Bertz CT molecular complexity index is 1060. The second-order valence-corrected chi connectivity index (χ2v) is 9.33. The summed E-state index contributed by atoms with van der Waals surface area (Å²) >= 11 is 3.00. The molecule has 2 aromatic heterocycles. The van der Waals surface area contributed by atoms with Crippen LogP contribution < -0.4 is 5.32 Å². The smallest absolute Gasteiger partial charge is 0.235 e. The van der Waals surface area contributed by atoms with Crippen molar-refractivity contribution < 1.29 is 9.53 Å². The van der Waals surface area contributed by atoms with Crippen LogP contribution >= 0.6 is 23.1 Å². The number of fused-ring (bicyclic) bond motifs is 1. The Morgan fingerprint density at radius 1 is 1.45 bits per heavy atom. The molecule has 1 saturated heterocycles. The van der Waals surface area contributed by atoms with Gasteiger partial charge in [0, 0.05) is 12.3 Å². The number of anilines is 1. The van der Waals surface area contributed by atoms with Crippen molar-refractivity contribution in [1.29, 1.82) is 5.26 Å². The van der Waals surface area contributed by atoms with Crippen molar-refractivity contribution in [2.24, 2.45) is 0 Å². The molecule has 150 valence electrons. The Morgan fingerprint density at radius 3 is 3.00 bits per heavy atom. The summed E-state index contributed by atoms with van der Waals surface area (Å²) in [6.07, 6.45) is 2.18. The second-order valence-electron chi connectivity index (χ2n) is 7.08. The van der Waals surface area contributed by atoms with E-state index in [1.54, 1.807) is 11.3 Å². The first kappa shape index (κ1) is 20.0. The van der Waals surface area contributed by atoms with Gasteiger partial charge in [-0.25, -0.2) is 4.98 Å². The Kier molecular flexibility index (Phi) is 5.90. The first-order valence-corrected chi connectivity index (χ1v) is 11.4. The fraction of sp³-hybridized carbons (Fsp3) is 0.381. The molecule has 0 spiro atoms. The third-order valence-electron chi connectivity index (χ3n) is 5.21. The van der Waals surface area contributed by atoms with Gasteiger partial charge in [0.05, 0.1) is 34.2 Å². The Balaban J connectivity index is 1.49. The van der Waals surface area contributed by atoms with Gasteiger partial charge in [0.25, 0.3) is 0 Å². The molecule has 4 rings (SSSR count). The minimum Gasteiger partial charge on any atom is -0.376 e. The summed E-state index contributed by atoms with van der Waals surface area (Å²) in [5, 5.41) is 12.6. The molecule has 1 atom stereocenters. The van der Waals surface area contributed by atoms with Crippen LogP contribution in [0.3, 0.4) is 0 Å². The number of hydrogen-bond donors (Lipinski definition) is 1. The minimum atomic E-state index is -0.142. The fourth-order valence-electron chi connectivity index (χ4n) is 3.56. The Morgan fingerprint density at radius 2 is 2.28 bits per heavy atom. The van der Waals surface area contributed by atoms with Gasteiger partial charge < -0.3 is 14.6 Å². The van der Waals surface area contributed by atoms with Gasteiger partial charge in [0.2, 0.25) is 5.91 Å². The Hall–Kier alpha value is -2.34. The first-order chi connectivity index (χ1) is 14.1. The van der Waals surface area contributed by atoms with Crippen LogP contribution in [-0.4, -0.2) is 33.9 Å². The van der Waals surface area contributed by atoms with Crippen LogP contribution in [0.15, 0.2) is 28.6 Å². The lowest BCUT2D eigenvalue weighted by molar-refractivity contribution is -0.113. The number of aromatic nitrogens is 2. The Labute approximate surface area is 177 Å². The summed E-state index contributed by atoms with van der Waals surface area (Å²) in [4.78, 5) is 17.2. The number of thioether (sulfide) groups is 1. The first-order valence-electron chi connectivity index (χ1n) is 9.56. The van der Waals surface area contributed by atoms with E-state index in [-0.39, 0.29) is 17.8 Å². The quantitative estimate of drug-likeness (QED) is 0.587. The van der Waals surface area contributed by atoms with Crippen molar-refractivity contribution >= 4 is 45.0 Å². The molecular formula is C21H22N4O2S2. The van der Waals surface area contributed by atoms with Gasteiger partial charge in [-0.15, -0.1) is 11.3 Å². The average molecular weight is 427 g/mol. The molecular weight excluding hydrogens is 404 g/mol. The van der Waals surface area contributed by atoms with Crippen molar-refractivity contribution in [2.45, 2.75) is 43.7 Å². The zero-order chi connectivity index (χ0) is 20.4. The van der Waals surface area contributed by atoms with Crippen LogP contribution in [0.2, 0.25) is 0 Å². The number of benzene rings is 1. The maximum absolute atomic E-state index is 12.7. The summed E-state index contributed by atoms with van der Waals surface area (Å²) in [5.74, 6) is 0.679. The number of nitrogens with one attached hydrogen (secondary N) is 1. The third-order valence-corrected chi connectivity index (χ3v) is 7.39. The SMILES string of the molecule is Cc1c(C#N)c(NC(=O)CSc2nc3ccccc3s2)n(C[C@H]2CCCO2)c1C. The van der Waals surface area contributed by atoms with Gasteiger partial charge in [0.15, 0.2) is 4.34 Å². The van der Waals surface area contributed by atoms with E-state index in [1.807, 2.05) is 42.7 Å². The number of carbonyl (C=O) groups is 1. The van der Waals surface area contributed by atoms with Crippen molar-refractivity contribution in [2.75, 3.05) is 17.7 Å². The summed E-state index contributed by atoms with van der Waals surface area (Å²) in [7, 11) is 0. The molecule has 0 radical (unpaired) electrons. The van der Waals surface area contributed by atoms with Gasteiger partial charge in [-0.3, -0.25) is 4.79 Å². The lowest BCUT2D eigenvalue weighted by atomic mass is 10.2. The van der Waals surface area contributed by atoms with Gasteiger partial charge in [-0.1, -0.05) is 23.9 Å². The zero-order valence-electron chi connectivity index (χ0n) is 16.4. The summed E-state index contributed by atoms with van der Waals surface area (Å²) in [5.41, 5.74) is 3.37. The maximum Gasteiger partial charge on any atom is 0.235 e. The predicted octanol–water partition coefficient (Wildman–Crippen LogP) is 4.50. The van der Waals surface area contributed by atoms with Crippen LogP contribution in [0.5, 0.6) is 0 Å². The van der Waals surface area contributed by atoms with Crippen LogP contribution in [0.1, 0.15) is 29.7 Å². The second kappa shape index (κ2) is 8.57.